The van der Waals surface area contributed by atoms with E-state index in [9.17, 15) is 8.42 Å². The molecule has 0 unspecified atom stereocenters. The Morgan fingerprint density at radius 3 is 2.75 bits per heavy atom. The summed E-state index contributed by atoms with van der Waals surface area (Å²) in [5.41, 5.74) is 3.77. The van der Waals surface area contributed by atoms with Crippen LogP contribution in [0.1, 0.15) is 25.3 Å². The molecule has 126 valence electrons. The normalized spacial score (nSPS) is 11.8. The second kappa shape index (κ2) is 6.65. The van der Waals surface area contributed by atoms with Crippen LogP contribution in [-0.4, -0.2) is 19.2 Å². The number of benzene rings is 2. The lowest BCUT2D eigenvalue weighted by atomic mass is 10.1. The summed E-state index contributed by atoms with van der Waals surface area (Å²) in [7, 11) is -3.33. The Bertz CT molecular complexity index is 961. The van der Waals surface area contributed by atoms with E-state index >= 15 is 0 Å². The van der Waals surface area contributed by atoms with E-state index in [1.165, 1.54) is 0 Å². The molecule has 0 radical (unpaired) electrons. The molecule has 0 saturated heterocycles. The third-order valence-electron chi connectivity index (χ3n) is 3.69. The number of fused-ring (bicyclic) bond motifs is 1. The van der Waals surface area contributed by atoms with Gasteiger partial charge >= 0.3 is 0 Å². The van der Waals surface area contributed by atoms with Crippen LogP contribution in [0.3, 0.4) is 0 Å². The topological polar surface area (TPSA) is 72.2 Å². The Labute approximate surface area is 141 Å². The van der Waals surface area contributed by atoms with Crippen molar-refractivity contribution in [3.63, 3.8) is 0 Å². The smallest absolute Gasteiger partial charge is 0.232 e. The van der Waals surface area contributed by atoms with E-state index in [2.05, 4.69) is 9.71 Å². The number of oxazole rings is 1. The van der Waals surface area contributed by atoms with Gasteiger partial charge in [0.2, 0.25) is 15.9 Å². The van der Waals surface area contributed by atoms with Crippen molar-refractivity contribution in [1.29, 1.82) is 0 Å². The second-order valence-corrected chi connectivity index (χ2v) is 7.69. The maximum atomic E-state index is 12.0. The molecule has 1 heterocycles. The van der Waals surface area contributed by atoms with E-state index in [1.54, 1.807) is 18.2 Å². The van der Waals surface area contributed by atoms with Crippen molar-refractivity contribution in [1.82, 2.24) is 4.98 Å². The third kappa shape index (κ3) is 3.76. The first kappa shape index (κ1) is 16.5. The summed E-state index contributed by atoms with van der Waals surface area (Å²) in [4.78, 5) is 4.47. The van der Waals surface area contributed by atoms with Gasteiger partial charge in [-0.2, -0.15) is 0 Å². The molecule has 5 nitrogen and oxygen atoms in total. The van der Waals surface area contributed by atoms with Crippen LogP contribution in [0, 0.1) is 6.92 Å². The first-order chi connectivity index (χ1) is 11.5. The lowest BCUT2D eigenvalue weighted by Crippen LogP contribution is -2.16. The molecule has 0 spiro atoms. The standard InChI is InChI=1S/C18H20N2O3S/c1-3-4-10-24(21,22)20-15-8-9-16-17(12-15)23-18(19-16)14-7-5-6-13(2)11-14/h5-9,11-12,20H,3-4,10H2,1-2H3. The highest BCUT2D eigenvalue weighted by molar-refractivity contribution is 7.92. The number of hydrogen-bond acceptors (Lipinski definition) is 4. The van der Waals surface area contributed by atoms with Crippen molar-refractivity contribution in [3.05, 3.63) is 48.0 Å². The summed E-state index contributed by atoms with van der Waals surface area (Å²) < 4.78 is 32.4. The Hall–Kier alpha value is -2.34. The molecule has 1 N–H and O–H groups in total. The van der Waals surface area contributed by atoms with Crippen molar-refractivity contribution in [3.8, 4) is 11.5 Å². The summed E-state index contributed by atoms with van der Waals surface area (Å²) in [5.74, 6) is 0.645. The molecule has 24 heavy (non-hydrogen) atoms. The molecule has 3 aromatic rings. The summed E-state index contributed by atoms with van der Waals surface area (Å²) in [6.07, 6.45) is 1.47. The van der Waals surface area contributed by atoms with Crippen LogP contribution >= 0.6 is 0 Å². The highest BCUT2D eigenvalue weighted by atomic mass is 32.2. The first-order valence-corrected chi connectivity index (χ1v) is 9.60. The molecule has 0 fully saturated rings. The van der Waals surface area contributed by atoms with E-state index in [0.717, 1.165) is 17.5 Å². The Kier molecular flexibility index (Phi) is 4.57. The molecule has 0 atom stereocenters. The summed E-state index contributed by atoms with van der Waals surface area (Å²) in [5, 5.41) is 0. The predicted molar refractivity (Wildman–Crippen MR) is 96.5 cm³/mol. The van der Waals surface area contributed by atoms with E-state index in [-0.39, 0.29) is 5.75 Å². The molecule has 0 aliphatic carbocycles. The largest absolute Gasteiger partial charge is 0.436 e. The van der Waals surface area contributed by atoms with Crippen LogP contribution in [-0.2, 0) is 10.0 Å². The minimum Gasteiger partial charge on any atom is -0.436 e. The maximum absolute atomic E-state index is 12.0. The Morgan fingerprint density at radius 1 is 1.17 bits per heavy atom. The van der Waals surface area contributed by atoms with Gasteiger partial charge in [0.25, 0.3) is 0 Å². The number of rotatable bonds is 6. The summed E-state index contributed by atoms with van der Waals surface area (Å²) in [6.45, 7) is 3.97. The van der Waals surface area contributed by atoms with Gasteiger partial charge in [0.05, 0.1) is 11.4 Å². The van der Waals surface area contributed by atoms with Gasteiger partial charge in [-0.25, -0.2) is 13.4 Å². The summed E-state index contributed by atoms with van der Waals surface area (Å²) in [6, 6.07) is 13.0. The molecule has 1 aromatic heterocycles. The molecule has 0 bridgehead atoms. The van der Waals surface area contributed by atoms with Crippen molar-refractivity contribution in [2.45, 2.75) is 26.7 Å². The zero-order valence-electron chi connectivity index (χ0n) is 13.7. The number of anilines is 1. The van der Waals surface area contributed by atoms with Crippen LogP contribution in [0.4, 0.5) is 5.69 Å². The molecule has 0 aliphatic rings. The van der Waals surface area contributed by atoms with Gasteiger partial charge in [0.1, 0.15) is 5.52 Å². The van der Waals surface area contributed by atoms with Crippen molar-refractivity contribution in [2.75, 3.05) is 10.5 Å². The van der Waals surface area contributed by atoms with E-state index in [4.69, 9.17) is 4.42 Å². The van der Waals surface area contributed by atoms with Crippen LogP contribution in [0.5, 0.6) is 0 Å². The van der Waals surface area contributed by atoms with Gasteiger partial charge in [0.15, 0.2) is 5.58 Å². The van der Waals surface area contributed by atoms with Gasteiger partial charge in [0, 0.05) is 11.6 Å². The molecular formula is C18H20N2O3S. The Morgan fingerprint density at radius 2 is 2.00 bits per heavy atom. The molecular weight excluding hydrogens is 324 g/mol. The van der Waals surface area contributed by atoms with Crippen molar-refractivity contribution >= 4 is 26.8 Å². The first-order valence-electron chi connectivity index (χ1n) is 7.95. The van der Waals surface area contributed by atoms with Crippen molar-refractivity contribution in [2.24, 2.45) is 0 Å². The van der Waals surface area contributed by atoms with Gasteiger partial charge in [-0.05, 0) is 37.6 Å². The third-order valence-corrected chi connectivity index (χ3v) is 5.07. The number of aromatic nitrogens is 1. The molecule has 0 saturated carbocycles. The predicted octanol–water partition coefficient (Wildman–Crippen LogP) is 4.35. The molecule has 6 heteroatoms. The fraction of sp³-hybridized carbons (Fsp3) is 0.278. The average molecular weight is 344 g/mol. The van der Waals surface area contributed by atoms with Gasteiger partial charge in [-0.15, -0.1) is 0 Å². The lowest BCUT2D eigenvalue weighted by Gasteiger charge is -2.06. The minimum absolute atomic E-state index is 0.118. The molecule has 2 aromatic carbocycles. The maximum Gasteiger partial charge on any atom is 0.232 e. The summed E-state index contributed by atoms with van der Waals surface area (Å²) >= 11 is 0. The van der Waals surface area contributed by atoms with Gasteiger partial charge in [-0.3, -0.25) is 4.72 Å². The lowest BCUT2D eigenvalue weighted by molar-refractivity contribution is 0.598. The minimum atomic E-state index is -3.33. The van der Waals surface area contributed by atoms with Gasteiger partial charge in [-0.1, -0.05) is 31.0 Å². The monoisotopic (exact) mass is 344 g/mol. The number of unbranched alkanes of at least 4 members (excludes halogenated alkanes) is 1. The molecule has 0 amide bonds. The number of hydrogen-bond donors (Lipinski definition) is 1. The Balaban J connectivity index is 1.89. The van der Waals surface area contributed by atoms with E-state index in [1.807, 2.05) is 38.1 Å². The number of sulfonamides is 1. The van der Waals surface area contributed by atoms with E-state index < -0.39 is 10.0 Å². The van der Waals surface area contributed by atoms with E-state index in [0.29, 0.717) is 29.1 Å². The quantitative estimate of drug-likeness (QED) is 0.722. The number of aryl methyl sites for hydroxylation is 1. The van der Waals surface area contributed by atoms with Crippen LogP contribution in [0.15, 0.2) is 46.9 Å². The van der Waals surface area contributed by atoms with Crippen LogP contribution in [0.2, 0.25) is 0 Å². The van der Waals surface area contributed by atoms with Crippen LogP contribution in [0.25, 0.3) is 22.6 Å². The highest BCUT2D eigenvalue weighted by Crippen LogP contribution is 2.27. The van der Waals surface area contributed by atoms with Crippen LogP contribution < -0.4 is 4.72 Å². The zero-order chi connectivity index (χ0) is 17.2. The fourth-order valence-corrected chi connectivity index (χ4v) is 3.71. The van der Waals surface area contributed by atoms with Crippen molar-refractivity contribution < 1.29 is 12.8 Å². The molecule has 3 rings (SSSR count). The SMILES string of the molecule is CCCCS(=O)(=O)Nc1ccc2nc(-c3cccc(C)c3)oc2c1. The average Bonchev–Trinajstić information content (AvgIpc) is 2.96. The number of nitrogens with zero attached hydrogens (tertiary/aromatic N) is 1. The van der Waals surface area contributed by atoms with Gasteiger partial charge < -0.3 is 4.42 Å². The molecule has 0 aliphatic heterocycles. The fourth-order valence-electron chi connectivity index (χ4n) is 2.45. The zero-order valence-corrected chi connectivity index (χ0v) is 14.6. The highest BCUT2D eigenvalue weighted by Gasteiger charge is 2.12. The second-order valence-electron chi connectivity index (χ2n) is 5.85. The number of nitrogens with one attached hydrogen (secondary N) is 1.